The van der Waals surface area contributed by atoms with Gasteiger partial charge in [0.05, 0.1) is 12.1 Å². The Morgan fingerprint density at radius 2 is 1.62 bits per heavy atom. The van der Waals surface area contributed by atoms with Gasteiger partial charge < -0.3 is 9.47 Å². The molecule has 0 atom stereocenters. The van der Waals surface area contributed by atoms with E-state index in [0.717, 1.165) is 25.1 Å². The average molecular weight is 390 g/mol. The summed E-state index contributed by atoms with van der Waals surface area (Å²) in [5.41, 5.74) is 7.83. The number of aryl methyl sites for hydroxylation is 1. The Hall–Kier alpha value is -3.61. The number of hydrazine groups is 1. The molecule has 7 nitrogen and oxygen atoms in total. The average Bonchev–Trinajstić information content (AvgIpc) is 2.75. The van der Waals surface area contributed by atoms with E-state index < -0.39 is 0 Å². The first-order valence-corrected chi connectivity index (χ1v) is 9.60. The number of fused-ring (bicyclic) bond motifs is 2. The van der Waals surface area contributed by atoms with Crippen molar-refractivity contribution in [1.82, 2.24) is 15.4 Å². The molecule has 0 radical (unpaired) electrons. The predicted molar refractivity (Wildman–Crippen MR) is 111 cm³/mol. The highest BCUT2D eigenvalue weighted by atomic mass is 16.2. The Balaban J connectivity index is 1.36. The molecule has 1 aromatic heterocycles. The topological polar surface area (TPSA) is 83.4 Å². The molecule has 0 saturated heterocycles. The normalized spacial score (nSPS) is 13.0. The van der Waals surface area contributed by atoms with E-state index in [1.54, 1.807) is 29.0 Å². The van der Waals surface area contributed by atoms with Gasteiger partial charge in [0.25, 0.3) is 11.8 Å². The molecule has 2 heterocycles. The van der Waals surface area contributed by atoms with E-state index in [1.807, 2.05) is 29.2 Å². The van der Waals surface area contributed by atoms with Crippen molar-refractivity contribution >= 4 is 28.4 Å². The molecule has 0 bridgehead atoms. The Labute approximate surface area is 167 Å². The van der Waals surface area contributed by atoms with Crippen molar-refractivity contribution in [3.8, 4) is 0 Å². The van der Waals surface area contributed by atoms with Crippen LogP contribution in [0, 0.1) is 0 Å². The molecule has 0 aliphatic carbocycles. The number of pyridine rings is 1. The van der Waals surface area contributed by atoms with Crippen LogP contribution in [0.3, 0.4) is 0 Å². The van der Waals surface area contributed by atoms with Gasteiger partial charge >= 0.3 is 0 Å². The standard InChI is InChI=1S/C22H22N4O3/c27-20-11-13-26(19-10-4-2-8-17(19)20)15-22(29)24-23-21(28)14-25-12-5-7-16-6-1-3-9-18(16)25/h1-4,6,8-11,13H,5,7,12,14-15H2,(H,23,28)(H,24,29). The number of amides is 2. The third kappa shape index (κ3) is 4.13. The molecular weight excluding hydrogens is 368 g/mol. The lowest BCUT2D eigenvalue weighted by Gasteiger charge is -2.30. The van der Waals surface area contributed by atoms with E-state index >= 15 is 0 Å². The molecule has 2 aromatic carbocycles. The Morgan fingerprint density at radius 1 is 0.897 bits per heavy atom. The highest BCUT2D eigenvalue weighted by Crippen LogP contribution is 2.26. The van der Waals surface area contributed by atoms with Gasteiger partial charge in [-0.3, -0.25) is 25.2 Å². The molecular formula is C22H22N4O3. The third-order valence-electron chi connectivity index (χ3n) is 5.08. The first-order valence-electron chi connectivity index (χ1n) is 9.60. The van der Waals surface area contributed by atoms with Crippen LogP contribution >= 0.6 is 0 Å². The Kier molecular flexibility index (Phi) is 5.29. The summed E-state index contributed by atoms with van der Waals surface area (Å²) >= 11 is 0. The molecule has 0 unspecified atom stereocenters. The van der Waals surface area contributed by atoms with E-state index in [1.165, 1.54) is 11.6 Å². The molecule has 2 amide bonds. The van der Waals surface area contributed by atoms with Crippen LogP contribution in [0.25, 0.3) is 10.9 Å². The van der Waals surface area contributed by atoms with E-state index in [4.69, 9.17) is 0 Å². The third-order valence-corrected chi connectivity index (χ3v) is 5.08. The van der Waals surface area contributed by atoms with Crippen molar-refractivity contribution in [2.75, 3.05) is 18.0 Å². The first-order chi connectivity index (χ1) is 14.1. The first kappa shape index (κ1) is 18.7. The van der Waals surface area contributed by atoms with Gasteiger partial charge in [-0.15, -0.1) is 0 Å². The SMILES string of the molecule is O=C(CN1CCCc2ccccc21)NNC(=O)Cn1ccc(=O)c2ccccc21. The molecule has 0 saturated carbocycles. The number of carbonyl (C=O) groups is 2. The van der Waals surface area contributed by atoms with Gasteiger partial charge in [0.1, 0.15) is 6.54 Å². The number of aromatic nitrogens is 1. The maximum absolute atomic E-state index is 12.3. The zero-order valence-electron chi connectivity index (χ0n) is 15.9. The minimum absolute atomic E-state index is 0.00633. The summed E-state index contributed by atoms with van der Waals surface area (Å²) < 4.78 is 1.68. The highest BCUT2D eigenvalue weighted by molar-refractivity contribution is 5.86. The van der Waals surface area contributed by atoms with Gasteiger partial charge in [0, 0.05) is 29.9 Å². The molecule has 3 aromatic rings. The second kappa shape index (κ2) is 8.18. The van der Waals surface area contributed by atoms with Crippen molar-refractivity contribution in [3.05, 3.63) is 76.6 Å². The summed E-state index contributed by atoms with van der Waals surface area (Å²) in [5, 5.41) is 0.551. The van der Waals surface area contributed by atoms with Crippen LogP contribution in [0.4, 0.5) is 5.69 Å². The summed E-state index contributed by atoms with van der Waals surface area (Å²) in [5.74, 6) is -0.647. The van der Waals surface area contributed by atoms with Crippen LogP contribution in [0.15, 0.2) is 65.6 Å². The van der Waals surface area contributed by atoms with Crippen molar-refractivity contribution in [2.45, 2.75) is 19.4 Å². The van der Waals surface area contributed by atoms with Crippen LogP contribution in [-0.4, -0.2) is 29.5 Å². The molecule has 29 heavy (non-hydrogen) atoms. The molecule has 7 heteroatoms. The lowest BCUT2D eigenvalue weighted by atomic mass is 10.0. The van der Waals surface area contributed by atoms with Gasteiger partial charge in [-0.2, -0.15) is 0 Å². The predicted octanol–water partition coefficient (Wildman–Crippen LogP) is 1.60. The zero-order valence-corrected chi connectivity index (χ0v) is 15.9. The van der Waals surface area contributed by atoms with Gasteiger partial charge in [-0.1, -0.05) is 30.3 Å². The lowest BCUT2D eigenvalue weighted by molar-refractivity contribution is -0.128. The van der Waals surface area contributed by atoms with E-state index in [9.17, 15) is 14.4 Å². The number of rotatable bonds is 4. The smallest absolute Gasteiger partial charge is 0.258 e. The number of carbonyl (C=O) groups excluding carboxylic acids is 2. The molecule has 0 fully saturated rings. The van der Waals surface area contributed by atoms with Crippen LogP contribution in [0.5, 0.6) is 0 Å². The number of benzene rings is 2. The number of hydrogen-bond acceptors (Lipinski definition) is 4. The highest BCUT2D eigenvalue weighted by Gasteiger charge is 2.18. The number of hydrogen-bond donors (Lipinski definition) is 2. The second-order valence-corrected chi connectivity index (χ2v) is 7.08. The van der Waals surface area contributed by atoms with Crippen molar-refractivity contribution < 1.29 is 9.59 Å². The Bertz CT molecular complexity index is 1120. The zero-order chi connectivity index (χ0) is 20.2. The van der Waals surface area contributed by atoms with Crippen molar-refractivity contribution in [1.29, 1.82) is 0 Å². The largest absolute Gasteiger partial charge is 0.362 e. The fourth-order valence-corrected chi connectivity index (χ4v) is 3.72. The number of para-hydroxylation sites is 2. The van der Waals surface area contributed by atoms with Gasteiger partial charge in [0.15, 0.2) is 5.43 Å². The summed E-state index contributed by atoms with van der Waals surface area (Å²) in [6, 6.07) is 16.6. The van der Waals surface area contributed by atoms with E-state index in [0.29, 0.717) is 10.9 Å². The quantitative estimate of drug-likeness (QED) is 0.663. The molecule has 1 aliphatic rings. The van der Waals surface area contributed by atoms with E-state index in [2.05, 4.69) is 16.9 Å². The van der Waals surface area contributed by atoms with Gasteiger partial charge in [-0.05, 0) is 36.6 Å². The molecule has 148 valence electrons. The lowest BCUT2D eigenvalue weighted by Crippen LogP contribution is -2.48. The second-order valence-electron chi connectivity index (χ2n) is 7.08. The molecule has 0 spiro atoms. The Morgan fingerprint density at radius 3 is 2.48 bits per heavy atom. The monoisotopic (exact) mass is 390 g/mol. The van der Waals surface area contributed by atoms with Crippen LogP contribution in [0.1, 0.15) is 12.0 Å². The van der Waals surface area contributed by atoms with Gasteiger partial charge in [0.2, 0.25) is 0 Å². The number of nitrogens with zero attached hydrogens (tertiary/aromatic N) is 2. The van der Waals surface area contributed by atoms with Crippen molar-refractivity contribution in [3.63, 3.8) is 0 Å². The minimum atomic E-state index is -0.369. The van der Waals surface area contributed by atoms with Gasteiger partial charge in [-0.25, -0.2) is 0 Å². The maximum Gasteiger partial charge on any atom is 0.258 e. The van der Waals surface area contributed by atoms with Crippen molar-refractivity contribution in [2.24, 2.45) is 0 Å². The molecule has 4 rings (SSSR count). The fourth-order valence-electron chi connectivity index (χ4n) is 3.72. The van der Waals surface area contributed by atoms with E-state index in [-0.39, 0.29) is 30.3 Å². The summed E-state index contributed by atoms with van der Waals surface area (Å²) in [7, 11) is 0. The maximum atomic E-state index is 12.3. The molecule has 2 N–H and O–H groups in total. The van der Waals surface area contributed by atoms with Crippen LogP contribution in [-0.2, 0) is 22.6 Å². The summed E-state index contributed by atoms with van der Waals surface area (Å²) in [4.78, 5) is 38.6. The number of anilines is 1. The summed E-state index contributed by atoms with van der Waals surface area (Å²) in [6.45, 7) is 0.980. The fraction of sp³-hybridized carbons (Fsp3) is 0.227. The number of nitrogens with one attached hydrogen (secondary N) is 2. The van der Waals surface area contributed by atoms with Crippen LogP contribution < -0.4 is 21.2 Å². The molecule has 1 aliphatic heterocycles. The summed E-state index contributed by atoms with van der Waals surface area (Å²) in [6.07, 6.45) is 3.59. The van der Waals surface area contributed by atoms with Crippen LogP contribution in [0.2, 0.25) is 0 Å². The minimum Gasteiger partial charge on any atom is -0.362 e.